The molecule has 1 N–H and O–H groups in total. The molecular formula is C14H16BrNO4. The highest BCUT2D eigenvalue weighted by molar-refractivity contribution is 9.10. The first-order valence-electron chi connectivity index (χ1n) is 5.93. The molecular weight excluding hydrogens is 326 g/mol. The van der Waals surface area contributed by atoms with Crippen molar-refractivity contribution in [3.05, 3.63) is 34.3 Å². The van der Waals surface area contributed by atoms with Gasteiger partial charge >= 0.3 is 5.97 Å². The van der Waals surface area contributed by atoms with Gasteiger partial charge in [0.2, 0.25) is 5.91 Å². The summed E-state index contributed by atoms with van der Waals surface area (Å²) in [5, 5.41) is 2.59. The van der Waals surface area contributed by atoms with Gasteiger partial charge in [0.15, 0.2) is 0 Å². The maximum absolute atomic E-state index is 11.6. The Kier molecular flexibility index (Phi) is 6.79. The molecule has 0 aliphatic rings. The standard InChI is InChI=1S/C14H16BrNO4/c1-19-12-5-4-11(15)9-10(12)3-6-13(17)16-8-7-14(18)20-2/h3-6,9H,7-8H2,1-2H3,(H,16,17)/b6-3+. The minimum atomic E-state index is -0.358. The number of benzene rings is 1. The molecule has 0 aromatic heterocycles. The first-order valence-corrected chi connectivity index (χ1v) is 6.72. The second kappa shape index (κ2) is 8.37. The van der Waals surface area contributed by atoms with Crippen molar-refractivity contribution in [2.45, 2.75) is 6.42 Å². The molecule has 0 atom stereocenters. The second-order valence-electron chi connectivity index (χ2n) is 3.84. The molecule has 0 bridgehead atoms. The van der Waals surface area contributed by atoms with Crippen LogP contribution in [-0.2, 0) is 14.3 Å². The lowest BCUT2D eigenvalue weighted by molar-refractivity contribution is -0.140. The number of halogens is 1. The highest BCUT2D eigenvalue weighted by Crippen LogP contribution is 2.23. The van der Waals surface area contributed by atoms with Crippen molar-refractivity contribution in [2.75, 3.05) is 20.8 Å². The van der Waals surface area contributed by atoms with Crippen LogP contribution in [0.15, 0.2) is 28.7 Å². The smallest absolute Gasteiger partial charge is 0.307 e. The Hall–Kier alpha value is -1.82. The fourth-order valence-electron chi connectivity index (χ4n) is 1.45. The summed E-state index contributed by atoms with van der Waals surface area (Å²) in [4.78, 5) is 22.4. The molecule has 0 aliphatic heterocycles. The van der Waals surface area contributed by atoms with E-state index in [1.807, 2.05) is 12.1 Å². The Labute approximate surface area is 126 Å². The summed E-state index contributed by atoms with van der Waals surface area (Å²) < 4.78 is 10.6. The molecule has 108 valence electrons. The van der Waals surface area contributed by atoms with E-state index >= 15 is 0 Å². The van der Waals surface area contributed by atoms with Gasteiger partial charge in [-0.3, -0.25) is 9.59 Å². The van der Waals surface area contributed by atoms with Gasteiger partial charge in [-0.05, 0) is 24.3 Å². The zero-order chi connectivity index (χ0) is 15.0. The molecule has 20 heavy (non-hydrogen) atoms. The molecule has 0 unspecified atom stereocenters. The Bertz CT molecular complexity index is 514. The number of hydrogen-bond acceptors (Lipinski definition) is 4. The van der Waals surface area contributed by atoms with Crippen LogP contribution in [0.5, 0.6) is 5.75 Å². The predicted molar refractivity (Wildman–Crippen MR) is 79.4 cm³/mol. The monoisotopic (exact) mass is 341 g/mol. The minimum absolute atomic E-state index is 0.149. The Morgan fingerprint density at radius 2 is 2.10 bits per heavy atom. The molecule has 0 aliphatic carbocycles. The number of hydrogen-bond donors (Lipinski definition) is 1. The van der Waals surface area contributed by atoms with Crippen LogP contribution >= 0.6 is 15.9 Å². The molecule has 0 fully saturated rings. The van der Waals surface area contributed by atoms with Crippen molar-refractivity contribution in [2.24, 2.45) is 0 Å². The summed E-state index contributed by atoms with van der Waals surface area (Å²) in [5.74, 6) is 0.0330. The van der Waals surface area contributed by atoms with Crippen molar-refractivity contribution in [3.8, 4) is 5.75 Å². The molecule has 1 amide bonds. The Balaban J connectivity index is 2.57. The lowest BCUT2D eigenvalue weighted by atomic mass is 10.2. The third-order valence-electron chi connectivity index (χ3n) is 2.46. The van der Waals surface area contributed by atoms with E-state index in [2.05, 4.69) is 26.0 Å². The minimum Gasteiger partial charge on any atom is -0.496 e. The topological polar surface area (TPSA) is 64.6 Å². The van der Waals surface area contributed by atoms with E-state index in [0.29, 0.717) is 5.75 Å². The molecule has 5 nitrogen and oxygen atoms in total. The van der Waals surface area contributed by atoms with Gasteiger partial charge in [-0.15, -0.1) is 0 Å². The van der Waals surface area contributed by atoms with Crippen LogP contribution in [0, 0.1) is 0 Å². The van der Waals surface area contributed by atoms with Gasteiger partial charge in [-0.2, -0.15) is 0 Å². The molecule has 1 aromatic rings. The normalized spacial score (nSPS) is 10.3. The van der Waals surface area contributed by atoms with E-state index in [0.717, 1.165) is 10.0 Å². The van der Waals surface area contributed by atoms with Crippen LogP contribution in [0.4, 0.5) is 0 Å². The first kappa shape index (κ1) is 16.2. The van der Waals surface area contributed by atoms with E-state index < -0.39 is 0 Å². The fraction of sp³-hybridized carbons (Fsp3) is 0.286. The van der Waals surface area contributed by atoms with Crippen LogP contribution < -0.4 is 10.1 Å². The summed E-state index contributed by atoms with van der Waals surface area (Å²) in [7, 11) is 2.88. The van der Waals surface area contributed by atoms with E-state index in [4.69, 9.17) is 4.74 Å². The van der Waals surface area contributed by atoms with Crippen molar-refractivity contribution in [1.29, 1.82) is 0 Å². The molecule has 0 saturated carbocycles. The van der Waals surface area contributed by atoms with Gasteiger partial charge in [-0.1, -0.05) is 15.9 Å². The van der Waals surface area contributed by atoms with Crippen LogP contribution in [0.3, 0.4) is 0 Å². The lowest BCUT2D eigenvalue weighted by Crippen LogP contribution is -2.24. The molecule has 0 spiro atoms. The van der Waals surface area contributed by atoms with Crippen LogP contribution in [-0.4, -0.2) is 32.6 Å². The summed E-state index contributed by atoms with van der Waals surface area (Å²) in [6, 6.07) is 5.50. The Morgan fingerprint density at radius 1 is 1.35 bits per heavy atom. The first-order chi connectivity index (χ1) is 9.56. The van der Waals surface area contributed by atoms with Gasteiger partial charge in [-0.25, -0.2) is 0 Å². The van der Waals surface area contributed by atoms with Crippen LogP contribution in [0.1, 0.15) is 12.0 Å². The fourth-order valence-corrected chi connectivity index (χ4v) is 1.83. The summed E-state index contributed by atoms with van der Waals surface area (Å²) in [5.41, 5.74) is 0.782. The number of amides is 1. The third-order valence-corrected chi connectivity index (χ3v) is 2.96. The number of methoxy groups -OCH3 is 2. The largest absolute Gasteiger partial charge is 0.496 e. The summed E-state index contributed by atoms with van der Waals surface area (Å²) in [6.07, 6.45) is 3.19. The van der Waals surface area contributed by atoms with E-state index in [1.165, 1.54) is 13.2 Å². The number of carbonyl (C=O) groups is 2. The van der Waals surface area contributed by atoms with Crippen LogP contribution in [0.2, 0.25) is 0 Å². The van der Waals surface area contributed by atoms with Crippen molar-refractivity contribution in [3.63, 3.8) is 0 Å². The molecule has 1 aromatic carbocycles. The third kappa shape index (κ3) is 5.44. The number of rotatable bonds is 6. The lowest BCUT2D eigenvalue weighted by Gasteiger charge is -2.05. The number of nitrogens with one attached hydrogen (secondary N) is 1. The number of esters is 1. The van der Waals surface area contributed by atoms with E-state index in [-0.39, 0.29) is 24.8 Å². The van der Waals surface area contributed by atoms with Gasteiger partial charge < -0.3 is 14.8 Å². The van der Waals surface area contributed by atoms with Crippen molar-refractivity contribution >= 4 is 33.9 Å². The molecule has 0 heterocycles. The highest BCUT2D eigenvalue weighted by Gasteiger charge is 2.03. The van der Waals surface area contributed by atoms with Crippen molar-refractivity contribution < 1.29 is 19.1 Å². The molecule has 0 radical (unpaired) electrons. The average molecular weight is 342 g/mol. The maximum atomic E-state index is 11.6. The summed E-state index contributed by atoms with van der Waals surface area (Å²) in [6.45, 7) is 0.242. The summed E-state index contributed by atoms with van der Waals surface area (Å²) >= 11 is 3.36. The quantitative estimate of drug-likeness (QED) is 0.636. The zero-order valence-electron chi connectivity index (χ0n) is 11.3. The average Bonchev–Trinajstić information content (AvgIpc) is 2.45. The van der Waals surface area contributed by atoms with Crippen LogP contribution in [0.25, 0.3) is 6.08 Å². The van der Waals surface area contributed by atoms with Gasteiger partial charge in [0.1, 0.15) is 5.75 Å². The zero-order valence-corrected chi connectivity index (χ0v) is 12.9. The number of ether oxygens (including phenoxy) is 2. The molecule has 1 rings (SSSR count). The van der Waals surface area contributed by atoms with Gasteiger partial charge in [0, 0.05) is 22.7 Å². The SMILES string of the molecule is COC(=O)CCNC(=O)/C=C/c1cc(Br)ccc1OC. The van der Waals surface area contributed by atoms with Crippen molar-refractivity contribution in [1.82, 2.24) is 5.32 Å². The Morgan fingerprint density at radius 3 is 2.75 bits per heavy atom. The van der Waals surface area contributed by atoms with Gasteiger partial charge in [0.25, 0.3) is 0 Å². The maximum Gasteiger partial charge on any atom is 0.307 e. The van der Waals surface area contributed by atoms with Gasteiger partial charge in [0.05, 0.1) is 20.6 Å². The highest BCUT2D eigenvalue weighted by atomic mass is 79.9. The van der Waals surface area contributed by atoms with E-state index in [1.54, 1.807) is 19.3 Å². The number of carbonyl (C=O) groups excluding carboxylic acids is 2. The predicted octanol–water partition coefficient (Wildman–Crippen LogP) is 2.15. The molecule has 6 heteroatoms. The molecule has 0 saturated heterocycles. The van der Waals surface area contributed by atoms with E-state index in [9.17, 15) is 9.59 Å². The second-order valence-corrected chi connectivity index (χ2v) is 4.75.